The molecule has 0 saturated heterocycles. The van der Waals surface area contributed by atoms with Gasteiger partial charge in [-0.2, -0.15) is 5.10 Å². The molecule has 0 spiro atoms. The van der Waals surface area contributed by atoms with E-state index in [9.17, 15) is 4.79 Å². The van der Waals surface area contributed by atoms with Crippen LogP contribution in [0, 0.1) is 0 Å². The quantitative estimate of drug-likeness (QED) is 0.782. The second-order valence-electron chi connectivity index (χ2n) is 2.95. The number of carboxylic acids is 1. The number of aromatic nitrogens is 2. The first kappa shape index (κ1) is 10.6. The molecule has 4 heteroatoms. The highest BCUT2D eigenvalue weighted by molar-refractivity contribution is 5.85. The second-order valence-corrected chi connectivity index (χ2v) is 2.95. The molecule has 0 atom stereocenters. The molecule has 1 aliphatic carbocycles. The Morgan fingerprint density at radius 2 is 2.14 bits per heavy atom. The van der Waals surface area contributed by atoms with Crippen molar-refractivity contribution in [1.82, 2.24) is 10.2 Å². The van der Waals surface area contributed by atoms with E-state index in [0.717, 1.165) is 18.4 Å². The van der Waals surface area contributed by atoms with Gasteiger partial charge in [-0.15, -0.1) is 5.10 Å². The van der Waals surface area contributed by atoms with Gasteiger partial charge in [0.15, 0.2) is 5.69 Å². The maximum Gasteiger partial charge on any atom is 0.356 e. The molecule has 0 radical (unpaired) electrons. The van der Waals surface area contributed by atoms with Gasteiger partial charge >= 0.3 is 5.97 Å². The second kappa shape index (κ2) is 4.69. The van der Waals surface area contributed by atoms with Crippen LogP contribution in [0.25, 0.3) is 0 Å². The van der Waals surface area contributed by atoms with Gasteiger partial charge in [0.25, 0.3) is 0 Å². The van der Waals surface area contributed by atoms with Crippen LogP contribution < -0.4 is 0 Å². The fourth-order valence-corrected chi connectivity index (χ4v) is 1.13. The first-order chi connectivity index (χ1) is 6.77. The van der Waals surface area contributed by atoms with Gasteiger partial charge in [-0.3, -0.25) is 0 Å². The summed E-state index contributed by atoms with van der Waals surface area (Å²) in [5.74, 6) is -0.483. The molecule has 2 rings (SSSR count). The highest BCUT2D eigenvalue weighted by atomic mass is 16.4. The fraction of sp³-hybridized carbons (Fsp3) is 0.500. The van der Waals surface area contributed by atoms with Crippen LogP contribution in [0.1, 0.15) is 48.7 Å². The SMILES string of the molecule is CC.O=C(O)c1cc(C2CC2)cnn1. The standard InChI is InChI=1S/C8H8N2O2.C2H6/c11-8(12)7-3-6(4-9-10-7)5-1-2-5;1-2/h3-5H,1-2H2,(H,11,12);1-2H3. The largest absolute Gasteiger partial charge is 0.476 e. The van der Waals surface area contributed by atoms with Gasteiger partial charge in [0.2, 0.25) is 0 Å². The summed E-state index contributed by atoms with van der Waals surface area (Å²) < 4.78 is 0. The van der Waals surface area contributed by atoms with Crippen LogP contribution in [-0.4, -0.2) is 21.3 Å². The van der Waals surface area contributed by atoms with E-state index in [-0.39, 0.29) is 5.69 Å². The monoisotopic (exact) mass is 194 g/mol. The normalized spacial score (nSPS) is 14.1. The molecular weight excluding hydrogens is 180 g/mol. The van der Waals surface area contributed by atoms with Crippen LogP contribution in [0.15, 0.2) is 12.3 Å². The molecule has 76 valence electrons. The number of hydrogen-bond donors (Lipinski definition) is 1. The number of carboxylic acid groups (broad SMARTS) is 1. The minimum absolute atomic E-state index is 0.0411. The number of hydrogen-bond acceptors (Lipinski definition) is 3. The smallest absolute Gasteiger partial charge is 0.356 e. The topological polar surface area (TPSA) is 63.1 Å². The van der Waals surface area contributed by atoms with Gasteiger partial charge in [-0.05, 0) is 30.4 Å². The lowest BCUT2D eigenvalue weighted by atomic mass is 10.2. The van der Waals surface area contributed by atoms with Crippen LogP contribution >= 0.6 is 0 Å². The van der Waals surface area contributed by atoms with E-state index in [2.05, 4.69) is 10.2 Å². The van der Waals surface area contributed by atoms with Gasteiger partial charge < -0.3 is 5.11 Å². The average Bonchev–Trinajstić information content (AvgIpc) is 3.04. The van der Waals surface area contributed by atoms with Crippen LogP contribution in [0.4, 0.5) is 0 Å². The maximum atomic E-state index is 10.5. The van der Waals surface area contributed by atoms with E-state index in [1.54, 1.807) is 12.3 Å². The summed E-state index contributed by atoms with van der Waals surface area (Å²) in [4.78, 5) is 10.5. The molecule has 0 aliphatic heterocycles. The fourth-order valence-electron chi connectivity index (χ4n) is 1.13. The van der Waals surface area contributed by atoms with Crippen molar-refractivity contribution in [2.24, 2.45) is 0 Å². The first-order valence-electron chi connectivity index (χ1n) is 4.83. The molecule has 0 aromatic carbocycles. The molecule has 1 aromatic rings. The van der Waals surface area contributed by atoms with E-state index in [1.165, 1.54) is 0 Å². The molecule has 0 unspecified atom stereocenters. The van der Waals surface area contributed by atoms with Gasteiger partial charge in [0.1, 0.15) is 0 Å². The summed E-state index contributed by atoms with van der Waals surface area (Å²) in [6, 6.07) is 1.60. The predicted octanol–water partition coefficient (Wildman–Crippen LogP) is 2.08. The number of aromatic carboxylic acids is 1. The summed E-state index contributed by atoms with van der Waals surface area (Å²) in [6.07, 6.45) is 3.93. The van der Waals surface area contributed by atoms with Crippen molar-refractivity contribution in [3.63, 3.8) is 0 Å². The molecule has 1 N–H and O–H groups in total. The van der Waals surface area contributed by atoms with E-state index >= 15 is 0 Å². The zero-order chi connectivity index (χ0) is 10.6. The van der Waals surface area contributed by atoms with Crippen molar-refractivity contribution in [1.29, 1.82) is 0 Å². The first-order valence-corrected chi connectivity index (χ1v) is 4.83. The summed E-state index contributed by atoms with van der Waals surface area (Å²) in [6.45, 7) is 4.00. The summed E-state index contributed by atoms with van der Waals surface area (Å²) >= 11 is 0. The molecule has 1 heterocycles. The Labute approximate surface area is 83.0 Å². The number of carbonyl (C=O) groups is 1. The van der Waals surface area contributed by atoms with Crippen LogP contribution in [0.2, 0.25) is 0 Å². The lowest BCUT2D eigenvalue weighted by molar-refractivity contribution is 0.0689. The molecule has 1 aromatic heterocycles. The van der Waals surface area contributed by atoms with E-state index in [0.29, 0.717) is 5.92 Å². The molecule has 0 amide bonds. The Kier molecular flexibility index (Phi) is 3.56. The van der Waals surface area contributed by atoms with Crippen LogP contribution in [0.5, 0.6) is 0 Å². The molecular formula is C10H14N2O2. The van der Waals surface area contributed by atoms with Gasteiger partial charge in [0, 0.05) is 0 Å². The zero-order valence-electron chi connectivity index (χ0n) is 8.40. The Balaban J connectivity index is 0.000000461. The molecule has 1 aliphatic rings. The van der Waals surface area contributed by atoms with Crippen LogP contribution in [-0.2, 0) is 0 Å². The maximum absolute atomic E-state index is 10.5. The molecule has 1 fully saturated rings. The van der Waals surface area contributed by atoms with Crippen molar-refractivity contribution >= 4 is 5.97 Å². The Bertz CT molecular complexity index is 322. The Morgan fingerprint density at radius 1 is 1.50 bits per heavy atom. The molecule has 14 heavy (non-hydrogen) atoms. The minimum Gasteiger partial charge on any atom is -0.476 e. The lowest BCUT2D eigenvalue weighted by Crippen LogP contribution is -2.02. The van der Waals surface area contributed by atoms with Gasteiger partial charge in [-0.1, -0.05) is 13.8 Å². The van der Waals surface area contributed by atoms with Gasteiger partial charge in [-0.25, -0.2) is 4.79 Å². The van der Waals surface area contributed by atoms with E-state index < -0.39 is 5.97 Å². The highest BCUT2D eigenvalue weighted by Crippen LogP contribution is 2.39. The van der Waals surface area contributed by atoms with E-state index in [4.69, 9.17) is 5.11 Å². The predicted molar refractivity (Wildman–Crippen MR) is 52.3 cm³/mol. The van der Waals surface area contributed by atoms with Crippen LogP contribution in [0.3, 0.4) is 0 Å². The molecule has 1 saturated carbocycles. The van der Waals surface area contributed by atoms with Gasteiger partial charge in [0.05, 0.1) is 6.20 Å². The lowest BCUT2D eigenvalue weighted by Gasteiger charge is -1.96. The Morgan fingerprint density at radius 3 is 2.64 bits per heavy atom. The summed E-state index contributed by atoms with van der Waals surface area (Å²) in [5.41, 5.74) is 1.04. The third-order valence-corrected chi connectivity index (χ3v) is 1.94. The summed E-state index contributed by atoms with van der Waals surface area (Å²) in [7, 11) is 0. The van der Waals surface area contributed by atoms with E-state index in [1.807, 2.05) is 13.8 Å². The van der Waals surface area contributed by atoms with Crippen molar-refractivity contribution in [2.75, 3.05) is 0 Å². The third-order valence-electron chi connectivity index (χ3n) is 1.94. The van der Waals surface area contributed by atoms with Crippen molar-refractivity contribution in [2.45, 2.75) is 32.6 Å². The van der Waals surface area contributed by atoms with Crippen molar-refractivity contribution in [3.05, 3.63) is 23.5 Å². The van der Waals surface area contributed by atoms with Crippen molar-refractivity contribution < 1.29 is 9.90 Å². The highest BCUT2D eigenvalue weighted by Gasteiger charge is 2.24. The van der Waals surface area contributed by atoms with Crippen molar-refractivity contribution in [3.8, 4) is 0 Å². The number of nitrogens with zero attached hydrogens (tertiary/aromatic N) is 2. The molecule has 4 nitrogen and oxygen atoms in total. The zero-order valence-corrected chi connectivity index (χ0v) is 8.40. The molecule has 0 bridgehead atoms. The third kappa shape index (κ3) is 2.52. The minimum atomic E-state index is -1.01. The number of rotatable bonds is 2. The Hall–Kier alpha value is -1.45. The summed E-state index contributed by atoms with van der Waals surface area (Å²) in [5, 5.41) is 15.7. The average molecular weight is 194 g/mol.